The number of benzene rings is 1. The number of halogens is 1. The fourth-order valence-corrected chi connectivity index (χ4v) is 2.54. The summed E-state index contributed by atoms with van der Waals surface area (Å²) in [7, 11) is 0. The smallest absolute Gasteiger partial charge is 0.311 e. The standard InChI is InChI=1S/C9H9NO3.C8H10ClN/c11-9(12)7-3-5-13-8-6(7)2-1-4-10-8;1-6-7(5-10)3-2-4-8(6)9/h1-2,4,7H,3,5H2,(H,11,12);2-4H,5,10H2,1H3. The normalized spacial score (nSPS) is 15.7. The molecule has 0 aliphatic carbocycles. The topological polar surface area (TPSA) is 85.4 Å². The molecule has 1 aromatic carbocycles. The minimum absolute atomic E-state index is 0.432. The molecule has 1 aliphatic rings. The molecule has 3 rings (SSSR count). The van der Waals surface area contributed by atoms with Crippen LogP contribution in [0.5, 0.6) is 5.88 Å². The van der Waals surface area contributed by atoms with E-state index in [1.165, 1.54) is 0 Å². The van der Waals surface area contributed by atoms with Crippen LogP contribution in [0.1, 0.15) is 29.0 Å². The number of fused-ring (bicyclic) bond motifs is 1. The zero-order valence-corrected chi connectivity index (χ0v) is 13.6. The summed E-state index contributed by atoms with van der Waals surface area (Å²) in [4.78, 5) is 14.8. The van der Waals surface area contributed by atoms with Crippen molar-refractivity contribution in [3.05, 3.63) is 58.2 Å². The third-order valence-corrected chi connectivity index (χ3v) is 4.13. The van der Waals surface area contributed by atoms with Gasteiger partial charge in [0, 0.05) is 23.3 Å². The maximum atomic E-state index is 10.8. The summed E-state index contributed by atoms with van der Waals surface area (Å²) in [5, 5.41) is 9.70. The van der Waals surface area contributed by atoms with Crippen LogP contribution in [0.25, 0.3) is 0 Å². The van der Waals surface area contributed by atoms with Gasteiger partial charge in [-0.05, 0) is 36.6 Å². The van der Waals surface area contributed by atoms with E-state index in [-0.39, 0.29) is 0 Å². The summed E-state index contributed by atoms with van der Waals surface area (Å²) in [5.41, 5.74) is 8.35. The molecule has 0 saturated heterocycles. The van der Waals surface area contributed by atoms with E-state index in [2.05, 4.69) is 4.98 Å². The highest BCUT2D eigenvalue weighted by atomic mass is 35.5. The van der Waals surface area contributed by atoms with Crippen LogP contribution in [-0.4, -0.2) is 22.7 Å². The number of carboxylic acid groups (broad SMARTS) is 1. The van der Waals surface area contributed by atoms with Gasteiger partial charge in [-0.1, -0.05) is 29.8 Å². The molecule has 23 heavy (non-hydrogen) atoms. The van der Waals surface area contributed by atoms with Gasteiger partial charge in [0.1, 0.15) is 0 Å². The Hall–Kier alpha value is -2.11. The number of hydrogen-bond acceptors (Lipinski definition) is 4. The second kappa shape index (κ2) is 7.94. The Morgan fingerprint density at radius 1 is 1.43 bits per heavy atom. The molecule has 0 spiro atoms. The van der Waals surface area contributed by atoms with E-state index >= 15 is 0 Å². The predicted molar refractivity (Wildman–Crippen MR) is 88.8 cm³/mol. The lowest BCUT2D eigenvalue weighted by molar-refractivity contribution is -0.139. The number of carboxylic acids is 1. The van der Waals surface area contributed by atoms with Gasteiger partial charge in [0.25, 0.3) is 0 Å². The summed E-state index contributed by atoms with van der Waals surface area (Å²) in [6.45, 7) is 2.97. The summed E-state index contributed by atoms with van der Waals surface area (Å²) in [6, 6.07) is 9.25. The first-order valence-corrected chi connectivity index (χ1v) is 7.67. The average Bonchev–Trinajstić information content (AvgIpc) is 2.57. The second-order valence-corrected chi connectivity index (χ2v) is 5.56. The van der Waals surface area contributed by atoms with Crippen LogP contribution in [-0.2, 0) is 11.3 Å². The molecule has 0 bridgehead atoms. The highest BCUT2D eigenvalue weighted by Gasteiger charge is 2.27. The molecule has 1 aromatic heterocycles. The number of rotatable bonds is 2. The molecule has 2 heterocycles. The lowest BCUT2D eigenvalue weighted by Gasteiger charge is -2.21. The Morgan fingerprint density at radius 3 is 2.87 bits per heavy atom. The number of hydrogen-bond donors (Lipinski definition) is 2. The Morgan fingerprint density at radius 2 is 2.22 bits per heavy atom. The van der Waals surface area contributed by atoms with Crippen molar-refractivity contribution in [1.82, 2.24) is 4.98 Å². The number of pyridine rings is 1. The quantitative estimate of drug-likeness (QED) is 0.881. The van der Waals surface area contributed by atoms with Gasteiger partial charge in [-0.15, -0.1) is 0 Å². The van der Waals surface area contributed by atoms with Crippen molar-refractivity contribution in [2.45, 2.75) is 25.8 Å². The first kappa shape index (κ1) is 17.2. The summed E-state index contributed by atoms with van der Waals surface area (Å²) in [6.07, 6.45) is 2.12. The second-order valence-electron chi connectivity index (χ2n) is 5.15. The zero-order valence-electron chi connectivity index (χ0n) is 12.8. The lowest BCUT2D eigenvalue weighted by Crippen LogP contribution is -2.21. The summed E-state index contributed by atoms with van der Waals surface area (Å²) >= 11 is 5.84. The van der Waals surface area contributed by atoms with Crippen molar-refractivity contribution in [3.8, 4) is 5.88 Å². The average molecular weight is 335 g/mol. The number of nitrogens with zero attached hydrogens (tertiary/aromatic N) is 1. The van der Waals surface area contributed by atoms with E-state index in [0.29, 0.717) is 31.0 Å². The van der Waals surface area contributed by atoms with E-state index in [0.717, 1.165) is 16.1 Å². The molecule has 6 heteroatoms. The van der Waals surface area contributed by atoms with E-state index in [9.17, 15) is 4.79 Å². The van der Waals surface area contributed by atoms with Gasteiger partial charge in [0.2, 0.25) is 5.88 Å². The molecular weight excluding hydrogens is 316 g/mol. The highest BCUT2D eigenvalue weighted by molar-refractivity contribution is 6.31. The van der Waals surface area contributed by atoms with Gasteiger partial charge >= 0.3 is 5.97 Å². The zero-order chi connectivity index (χ0) is 16.8. The predicted octanol–water partition coefficient (Wildman–Crippen LogP) is 3.14. The van der Waals surface area contributed by atoms with E-state index < -0.39 is 11.9 Å². The molecule has 1 unspecified atom stereocenters. The number of nitrogens with two attached hydrogens (primary N) is 1. The molecule has 5 nitrogen and oxygen atoms in total. The molecule has 2 aromatic rings. The molecule has 1 atom stereocenters. The largest absolute Gasteiger partial charge is 0.481 e. The van der Waals surface area contributed by atoms with Gasteiger partial charge in [-0.3, -0.25) is 4.79 Å². The van der Waals surface area contributed by atoms with Gasteiger partial charge < -0.3 is 15.6 Å². The maximum absolute atomic E-state index is 10.8. The fraction of sp³-hybridized carbons (Fsp3) is 0.294. The molecule has 122 valence electrons. The first-order chi connectivity index (χ1) is 11.0. The van der Waals surface area contributed by atoms with Gasteiger partial charge in [-0.25, -0.2) is 4.98 Å². The molecule has 3 N–H and O–H groups in total. The summed E-state index contributed by atoms with van der Waals surface area (Å²) < 4.78 is 5.23. The van der Waals surface area contributed by atoms with Crippen LogP contribution < -0.4 is 10.5 Å². The minimum atomic E-state index is -0.808. The number of ether oxygens (including phenoxy) is 1. The molecule has 0 radical (unpaired) electrons. The monoisotopic (exact) mass is 334 g/mol. The van der Waals surface area contributed by atoms with Crippen molar-refractivity contribution in [2.75, 3.05) is 6.61 Å². The minimum Gasteiger partial charge on any atom is -0.481 e. The molecule has 1 aliphatic heterocycles. The molecule has 0 saturated carbocycles. The van der Waals surface area contributed by atoms with Gasteiger partial charge in [0.05, 0.1) is 12.5 Å². The Bertz CT molecular complexity index is 691. The third kappa shape index (κ3) is 4.21. The van der Waals surface area contributed by atoms with Crippen molar-refractivity contribution >= 4 is 17.6 Å². The van der Waals surface area contributed by atoms with Crippen molar-refractivity contribution in [1.29, 1.82) is 0 Å². The van der Waals surface area contributed by atoms with Crippen molar-refractivity contribution in [3.63, 3.8) is 0 Å². The Balaban J connectivity index is 0.000000174. The van der Waals surface area contributed by atoms with Crippen LogP contribution in [0.15, 0.2) is 36.5 Å². The van der Waals surface area contributed by atoms with Crippen LogP contribution >= 0.6 is 11.6 Å². The van der Waals surface area contributed by atoms with Crippen molar-refractivity contribution in [2.24, 2.45) is 5.73 Å². The van der Waals surface area contributed by atoms with Crippen molar-refractivity contribution < 1.29 is 14.6 Å². The Labute approximate surface area is 140 Å². The maximum Gasteiger partial charge on any atom is 0.311 e. The van der Waals surface area contributed by atoms with E-state index in [1.807, 2.05) is 25.1 Å². The summed E-state index contributed by atoms with van der Waals surface area (Å²) in [5.74, 6) is -0.809. The SMILES string of the molecule is Cc1c(Cl)cccc1CN.O=C(O)C1CCOc2ncccc21. The van der Waals surface area contributed by atoms with Crippen LogP contribution in [0.3, 0.4) is 0 Å². The Kier molecular flexibility index (Phi) is 5.96. The van der Waals surface area contributed by atoms with Crippen LogP contribution in [0, 0.1) is 6.92 Å². The van der Waals surface area contributed by atoms with Gasteiger partial charge in [0.15, 0.2) is 0 Å². The van der Waals surface area contributed by atoms with E-state index in [1.54, 1.807) is 18.3 Å². The number of aromatic nitrogens is 1. The number of aliphatic carboxylic acids is 1. The first-order valence-electron chi connectivity index (χ1n) is 7.29. The van der Waals surface area contributed by atoms with Crippen LogP contribution in [0.2, 0.25) is 5.02 Å². The number of carbonyl (C=O) groups is 1. The molecule has 0 amide bonds. The molecule has 0 fully saturated rings. The lowest BCUT2D eigenvalue weighted by atomic mass is 9.96. The van der Waals surface area contributed by atoms with Gasteiger partial charge in [-0.2, -0.15) is 0 Å². The third-order valence-electron chi connectivity index (χ3n) is 3.72. The fourth-order valence-electron chi connectivity index (χ4n) is 2.35. The van der Waals surface area contributed by atoms with Crippen LogP contribution in [0.4, 0.5) is 0 Å². The molecular formula is C17H19ClN2O3. The van der Waals surface area contributed by atoms with E-state index in [4.69, 9.17) is 27.2 Å². The highest BCUT2D eigenvalue weighted by Crippen LogP contribution is 2.31.